The van der Waals surface area contributed by atoms with Gasteiger partial charge in [0.1, 0.15) is 11.5 Å². The number of rotatable bonds is 8. The summed E-state index contributed by atoms with van der Waals surface area (Å²) in [5, 5.41) is 11.4. The van der Waals surface area contributed by atoms with E-state index in [-0.39, 0.29) is 17.6 Å². The van der Waals surface area contributed by atoms with Crippen LogP contribution in [-0.4, -0.2) is 31.1 Å². The Morgan fingerprint density at radius 2 is 1.95 bits per heavy atom. The molecule has 0 spiro atoms. The molecule has 5 aromatic rings. The Morgan fingerprint density at radius 1 is 1.13 bits per heavy atom. The highest BCUT2D eigenvalue weighted by Crippen LogP contribution is 2.33. The van der Waals surface area contributed by atoms with Crippen molar-refractivity contribution in [2.45, 2.75) is 27.2 Å². The zero-order chi connectivity index (χ0) is 27.5. The Labute approximate surface area is 225 Å². The van der Waals surface area contributed by atoms with Gasteiger partial charge in [0, 0.05) is 40.4 Å². The number of hydrogen-bond acceptors (Lipinski definition) is 4. The van der Waals surface area contributed by atoms with Gasteiger partial charge in [0.15, 0.2) is 5.82 Å². The van der Waals surface area contributed by atoms with Crippen LogP contribution in [0.3, 0.4) is 0 Å². The van der Waals surface area contributed by atoms with E-state index < -0.39 is 0 Å². The average Bonchev–Trinajstić information content (AvgIpc) is 3.50. The third-order valence-electron chi connectivity index (χ3n) is 6.32. The summed E-state index contributed by atoms with van der Waals surface area (Å²) in [5.74, 6) is 0.454. The molecule has 3 heterocycles. The number of aromatic amines is 2. The molecule has 0 fully saturated rings. The maximum absolute atomic E-state index is 14.7. The van der Waals surface area contributed by atoms with Crippen LogP contribution >= 0.6 is 0 Å². The molecule has 0 atom stereocenters. The minimum atomic E-state index is -0.333. The number of aryl methyl sites for hydroxylation is 1. The van der Waals surface area contributed by atoms with Gasteiger partial charge in [0.2, 0.25) is 5.91 Å². The number of allylic oxidation sites excluding steroid dienone is 2. The van der Waals surface area contributed by atoms with Gasteiger partial charge in [-0.2, -0.15) is 5.10 Å². The second kappa shape index (κ2) is 10.9. The van der Waals surface area contributed by atoms with Crippen LogP contribution in [0.2, 0.25) is 0 Å². The van der Waals surface area contributed by atoms with E-state index in [0.29, 0.717) is 40.5 Å². The summed E-state index contributed by atoms with van der Waals surface area (Å²) in [6.45, 7) is 9.71. The van der Waals surface area contributed by atoms with Crippen molar-refractivity contribution in [2.75, 3.05) is 5.32 Å². The highest BCUT2D eigenvalue weighted by molar-refractivity contribution is 5.95. The number of amides is 1. The monoisotopic (exact) mass is 520 g/mol. The summed E-state index contributed by atoms with van der Waals surface area (Å²) in [7, 11) is 0. The van der Waals surface area contributed by atoms with E-state index in [0.717, 1.165) is 27.7 Å². The van der Waals surface area contributed by atoms with E-state index in [1.807, 2.05) is 45.0 Å². The van der Waals surface area contributed by atoms with Crippen LogP contribution in [-0.2, 0) is 4.79 Å². The Hall–Kier alpha value is -4.85. The van der Waals surface area contributed by atoms with Gasteiger partial charge < -0.3 is 10.3 Å². The molecule has 7 nitrogen and oxygen atoms in total. The molecule has 5 rings (SSSR count). The van der Waals surface area contributed by atoms with E-state index in [9.17, 15) is 9.18 Å². The van der Waals surface area contributed by atoms with Crippen molar-refractivity contribution >= 4 is 28.1 Å². The maximum atomic E-state index is 14.7. The fraction of sp³-hybridized carbons (Fsp3) is 0.161. The Bertz CT molecular complexity index is 1710. The highest BCUT2D eigenvalue weighted by Gasteiger charge is 2.19. The lowest BCUT2D eigenvalue weighted by Crippen LogP contribution is -2.13. The van der Waals surface area contributed by atoms with Gasteiger partial charge in [-0.05, 0) is 42.7 Å². The summed E-state index contributed by atoms with van der Waals surface area (Å²) in [6.07, 6.45) is 7.22. The molecule has 0 bridgehead atoms. The van der Waals surface area contributed by atoms with Crippen LogP contribution in [0.4, 0.5) is 10.1 Å². The van der Waals surface area contributed by atoms with Gasteiger partial charge in [-0.15, -0.1) is 0 Å². The van der Waals surface area contributed by atoms with E-state index >= 15 is 0 Å². The predicted octanol–water partition coefficient (Wildman–Crippen LogP) is 7.06. The fourth-order valence-electron chi connectivity index (χ4n) is 4.55. The number of H-pyrrole nitrogens is 2. The zero-order valence-corrected chi connectivity index (χ0v) is 22.0. The van der Waals surface area contributed by atoms with Crippen LogP contribution in [0.1, 0.15) is 37.2 Å². The lowest BCUT2D eigenvalue weighted by Gasteiger charge is -2.09. The summed E-state index contributed by atoms with van der Waals surface area (Å²) >= 11 is 0. The normalized spacial score (nSPS) is 11.8. The van der Waals surface area contributed by atoms with Gasteiger partial charge in [0.05, 0.1) is 23.1 Å². The lowest BCUT2D eigenvalue weighted by atomic mass is 10.0. The minimum absolute atomic E-state index is 0.0410. The quantitative estimate of drug-likeness (QED) is 0.191. The summed E-state index contributed by atoms with van der Waals surface area (Å²) < 4.78 is 14.7. The van der Waals surface area contributed by atoms with E-state index in [2.05, 4.69) is 32.1 Å². The van der Waals surface area contributed by atoms with Crippen LogP contribution in [0.5, 0.6) is 0 Å². The number of hydrogen-bond donors (Lipinski definition) is 3. The first-order chi connectivity index (χ1) is 18.8. The van der Waals surface area contributed by atoms with Gasteiger partial charge in [-0.1, -0.05) is 56.8 Å². The van der Waals surface area contributed by atoms with Crippen molar-refractivity contribution in [3.63, 3.8) is 0 Å². The third kappa shape index (κ3) is 5.40. The molecule has 1 amide bonds. The second-order valence-electron chi connectivity index (χ2n) is 9.80. The molecule has 0 saturated heterocycles. The highest BCUT2D eigenvalue weighted by atomic mass is 19.1. The van der Waals surface area contributed by atoms with Crippen LogP contribution in [0, 0.1) is 18.7 Å². The predicted molar refractivity (Wildman–Crippen MR) is 153 cm³/mol. The van der Waals surface area contributed by atoms with Crippen molar-refractivity contribution in [3.8, 4) is 22.6 Å². The van der Waals surface area contributed by atoms with Crippen LogP contribution in [0.15, 0.2) is 79.7 Å². The lowest BCUT2D eigenvalue weighted by molar-refractivity contribution is -0.116. The number of fused-ring (bicyclic) bond motifs is 1. The molecule has 0 aliphatic rings. The molecule has 39 heavy (non-hydrogen) atoms. The molecule has 2 aromatic carbocycles. The van der Waals surface area contributed by atoms with Crippen molar-refractivity contribution in [2.24, 2.45) is 5.92 Å². The summed E-state index contributed by atoms with van der Waals surface area (Å²) in [4.78, 5) is 24.7. The van der Waals surface area contributed by atoms with E-state index in [1.165, 1.54) is 6.07 Å². The molecule has 0 aliphatic carbocycles. The number of benzene rings is 2. The number of nitrogens with one attached hydrogen (secondary N) is 3. The SMILES string of the molecule is C=C/C=C(/c1ccccc1F)c1nc(-c2n[nH]c3ccc(-c4cncc(NC(=O)CC(C)C)c4)cc23)[nH]c1C. The molecule has 0 aliphatic heterocycles. The number of anilines is 1. The number of pyridine rings is 1. The molecule has 8 heteroatoms. The largest absolute Gasteiger partial charge is 0.340 e. The molecule has 196 valence electrons. The van der Waals surface area contributed by atoms with Crippen molar-refractivity contribution < 1.29 is 9.18 Å². The molecule has 0 saturated carbocycles. The fourth-order valence-corrected chi connectivity index (χ4v) is 4.55. The smallest absolute Gasteiger partial charge is 0.224 e. The topological polar surface area (TPSA) is 99.3 Å². The Morgan fingerprint density at radius 3 is 2.72 bits per heavy atom. The Kier molecular flexibility index (Phi) is 7.19. The number of nitrogens with zero attached hydrogens (tertiary/aromatic N) is 3. The third-order valence-corrected chi connectivity index (χ3v) is 6.32. The Balaban J connectivity index is 1.52. The van der Waals surface area contributed by atoms with E-state index in [1.54, 1.807) is 42.7 Å². The van der Waals surface area contributed by atoms with Gasteiger partial charge in [-0.3, -0.25) is 14.9 Å². The van der Waals surface area contributed by atoms with Crippen LogP contribution in [0.25, 0.3) is 39.1 Å². The summed E-state index contributed by atoms with van der Waals surface area (Å²) in [6, 6.07) is 14.4. The second-order valence-corrected chi connectivity index (χ2v) is 9.80. The molecule has 0 radical (unpaired) electrons. The molecular formula is C31H29FN6O. The average molecular weight is 521 g/mol. The minimum Gasteiger partial charge on any atom is -0.340 e. The number of halogens is 1. The first-order valence-electron chi connectivity index (χ1n) is 12.7. The van der Waals surface area contributed by atoms with E-state index in [4.69, 9.17) is 4.98 Å². The van der Waals surface area contributed by atoms with Crippen molar-refractivity contribution in [3.05, 3.63) is 102 Å². The van der Waals surface area contributed by atoms with Crippen molar-refractivity contribution in [1.82, 2.24) is 25.1 Å². The van der Waals surface area contributed by atoms with Gasteiger partial charge in [-0.25, -0.2) is 9.37 Å². The van der Waals surface area contributed by atoms with Crippen molar-refractivity contribution in [1.29, 1.82) is 0 Å². The molecule has 3 N–H and O–H groups in total. The number of aromatic nitrogens is 5. The first-order valence-corrected chi connectivity index (χ1v) is 12.7. The molecule has 3 aromatic heterocycles. The maximum Gasteiger partial charge on any atom is 0.224 e. The number of imidazole rings is 1. The first kappa shape index (κ1) is 25.8. The summed E-state index contributed by atoms with van der Waals surface area (Å²) in [5.41, 5.74) is 6.38. The molecular weight excluding hydrogens is 491 g/mol. The number of carbonyl (C=O) groups is 1. The van der Waals surface area contributed by atoms with Gasteiger partial charge in [0.25, 0.3) is 0 Å². The number of carbonyl (C=O) groups excluding carboxylic acids is 1. The van der Waals surface area contributed by atoms with Crippen LogP contribution < -0.4 is 5.32 Å². The zero-order valence-electron chi connectivity index (χ0n) is 22.0. The standard InChI is InChI=1S/C31H29FN6O/c1-5-8-24(23-9-6-7-10-26(23)32)29-19(4)34-31(36-29)30-25-15-20(11-12-27(25)37-38-30)21-14-22(17-33-16-21)35-28(39)13-18(2)3/h5-12,14-18H,1,13H2,2-4H3,(H,34,36)(H,35,39)(H,37,38)/b24-8-. The molecule has 0 unspecified atom stereocenters. The van der Waals surface area contributed by atoms with Gasteiger partial charge >= 0.3 is 0 Å².